The molecule has 0 saturated heterocycles. The molecule has 1 aliphatic rings. The monoisotopic (exact) mass is 218 g/mol. The van der Waals surface area contributed by atoms with E-state index < -0.39 is 0 Å². The minimum absolute atomic E-state index is 0.0564. The maximum absolute atomic E-state index is 5.39. The molecular formula is C14H18O2. The van der Waals surface area contributed by atoms with E-state index in [9.17, 15) is 0 Å². The molecule has 0 radical (unpaired) electrons. The molecule has 16 heavy (non-hydrogen) atoms. The standard InChI is InChI=1S/C14H18O2/c1-2-3-9-13-10-11-14(16-15-13)12-7-5-4-6-8-12/h4-8,10-11,13-14H,2-3,9H2,1H3/t13-,14-/m1/s1. The van der Waals surface area contributed by atoms with E-state index in [-0.39, 0.29) is 12.2 Å². The van der Waals surface area contributed by atoms with Crippen molar-refractivity contribution in [2.75, 3.05) is 0 Å². The number of unbranched alkanes of at least 4 members (excludes halogenated alkanes) is 1. The van der Waals surface area contributed by atoms with Crippen molar-refractivity contribution in [3.63, 3.8) is 0 Å². The Balaban J connectivity index is 1.92. The van der Waals surface area contributed by atoms with Crippen molar-refractivity contribution in [3.05, 3.63) is 48.0 Å². The molecule has 1 aliphatic heterocycles. The van der Waals surface area contributed by atoms with Gasteiger partial charge in [0.05, 0.1) is 0 Å². The van der Waals surface area contributed by atoms with Gasteiger partial charge in [-0.15, -0.1) is 0 Å². The van der Waals surface area contributed by atoms with Crippen LogP contribution in [0.1, 0.15) is 37.9 Å². The molecule has 2 nitrogen and oxygen atoms in total. The van der Waals surface area contributed by atoms with Crippen LogP contribution in [0.3, 0.4) is 0 Å². The van der Waals surface area contributed by atoms with Gasteiger partial charge >= 0.3 is 0 Å². The molecular weight excluding hydrogens is 200 g/mol. The normalized spacial score (nSPS) is 24.6. The van der Waals surface area contributed by atoms with Gasteiger partial charge in [-0.25, -0.2) is 9.78 Å². The van der Waals surface area contributed by atoms with E-state index in [2.05, 4.69) is 19.1 Å². The van der Waals surface area contributed by atoms with Crippen molar-refractivity contribution < 1.29 is 9.78 Å². The predicted octanol–water partition coefficient (Wildman–Crippen LogP) is 3.80. The van der Waals surface area contributed by atoms with E-state index in [0.717, 1.165) is 12.0 Å². The van der Waals surface area contributed by atoms with Gasteiger partial charge in [-0.1, -0.05) is 56.2 Å². The van der Waals surface area contributed by atoms with Crippen LogP contribution in [0.2, 0.25) is 0 Å². The molecule has 1 aromatic rings. The highest BCUT2D eigenvalue weighted by atomic mass is 17.2. The maximum Gasteiger partial charge on any atom is 0.136 e. The Morgan fingerprint density at radius 1 is 1.06 bits per heavy atom. The summed E-state index contributed by atoms with van der Waals surface area (Å²) in [5.41, 5.74) is 1.13. The van der Waals surface area contributed by atoms with Crippen molar-refractivity contribution >= 4 is 0 Å². The number of hydrogen-bond acceptors (Lipinski definition) is 2. The Labute approximate surface area is 96.8 Å². The summed E-state index contributed by atoms with van der Waals surface area (Å²) in [6.45, 7) is 2.18. The Bertz CT molecular complexity index is 332. The van der Waals surface area contributed by atoms with Crippen molar-refractivity contribution in [2.24, 2.45) is 0 Å². The summed E-state index contributed by atoms with van der Waals surface area (Å²) < 4.78 is 0. The average molecular weight is 218 g/mol. The zero-order valence-electron chi connectivity index (χ0n) is 9.63. The number of hydrogen-bond donors (Lipinski definition) is 0. The highest BCUT2D eigenvalue weighted by molar-refractivity contribution is 5.22. The predicted molar refractivity (Wildman–Crippen MR) is 63.8 cm³/mol. The van der Waals surface area contributed by atoms with Crippen LogP contribution in [0, 0.1) is 0 Å². The zero-order valence-corrected chi connectivity index (χ0v) is 9.63. The van der Waals surface area contributed by atoms with Crippen LogP contribution in [0.15, 0.2) is 42.5 Å². The lowest BCUT2D eigenvalue weighted by Gasteiger charge is -2.22. The Hall–Kier alpha value is -1.12. The molecule has 0 aliphatic carbocycles. The molecule has 1 heterocycles. The third-order valence-corrected chi connectivity index (χ3v) is 2.75. The minimum atomic E-state index is -0.0564. The van der Waals surface area contributed by atoms with Gasteiger partial charge in [0.2, 0.25) is 0 Å². The highest BCUT2D eigenvalue weighted by Gasteiger charge is 2.18. The van der Waals surface area contributed by atoms with Gasteiger partial charge in [0.25, 0.3) is 0 Å². The molecule has 2 atom stereocenters. The Morgan fingerprint density at radius 3 is 2.50 bits per heavy atom. The van der Waals surface area contributed by atoms with Crippen LogP contribution < -0.4 is 0 Å². The van der Waals surface area contributed by atoms with E-state index in [1.54, 1.807) is 0 Å². The fraction of sp³-hybridized carbons (Fsp3) is 0.429. The molecule has 86 valence electrons. The van der Waals surface area contributed by atoms with Gasteiger partial charge in [0.15, 0.2) is 0 Å². The SMILES string of the molecule is CCCC[C@@H]1C=C[C@H](c2ccccc2)OO1. The summed E-state index contributed by atoms with van der Waals surface area (Å²) >= 11 is 0. The summed E-state index contributed by atoms with van der Waals surface area (Å²) in [4.78, 5) is 10.7. The van der Waals surface area contributed by atoms with E-state index in [4.69, 9.17) is 9.78 Å². The average Bonchev–Trinajstić information content (AvgIpc) is 2.38. The topological polar surface area (TPSA) is 18.5 Å². The lowest BCUT2D eigenvalue weighted by molar-refractivity contribution is -0.343. The summed E-state index contributed by atoms with van der Waals surface area (Å²) in [7, 11) is 0. The van der Waals surface area contributed by atoms with Gasteiger partial charge in [-0.2, -0.15) is 0 Å². The third kappa shape index (κ3) is 2.94. The molecule has 0 saturated carbocycles. The van der Waals surface area contributed by atoms with E-state index in [1.165, 1.54) is 12.8 Å². The lowest BCUT2D eigenvalue weighted by atomic mass is 10.1. The van der Waals surface area contributed by atoms with Crippen LogP contribution in [-0.2, 0) is 9.78 Å². The summed E-state index contributed by atoms with van der Waals surface area (Å²) in [6.07, 6.45) is 7.66. The van der Waals surface area contributed by atoms with Crippen molar-refractivity contribution in [1.29, 1.82) is 0 Å². The van der Waals surface area contributed by atoms with Gasteiger partial charge in [-0.05, 0) is 18.1 Å². The molecule has 0 bridgehead atoms. The quantitative estimate of drug-likeness (QED) is 0.565. The van der Waals surface area contributed by atoms with Crippen LogP contribution in [0.5, 0.6) is 0 Å². The Morgan fingerprint density at radius 2 is 1.88 bits per heavy atom. The first-order valence-electron chi connectivity index (χ1n) is 5.95. The third-order valence-electron chi connectivity index (χ3n) is 2.75. The van der Waals surface area contributed by atoms with E-state index in [0.29, 0.717) is 0 Å². The fourth-order valence-electron chi connectivity index (χ4n) is 1.78. The molecule has 0 fully saturated rings. The highest BCUT2D eigenvalue weighted by Crippen LogP contribution is 2.25. The van der Waals surface area contributed by atoms with Crippen LogP contribution in [-0.4, -0.2) is 6.10 Å². The van der Waals surface area contributed by atoms with Gasteiger partial charge in [-0.3, -0.25) is 0 Å². The Kier molecular flexibility index (Phi) is 4.14. The van der Waals surface area contributed by atoms with Gasteiger partial charge in [0, 0.05) is 0 Å². The summed E-state index contributed by atoms with van der Waals surface area (Å²) in [6, 6.07) is 10.1. The van der Waals surface area contributed by atoms with Crippen molar-refractivity contribution in [2.45, 2.75) is 38.4 Å². The first-order valence-corrected chi connectivity index (χ1v) is 5.95. The second-order valence-corrected chi connectivity index (χ2v) is 4.09. The lowest BCUT2D eigenvalue weighted by Crippen LogP contribution is -2.17. The smallest absolute Gasteiger partial charge is 0.136 e. The number of benzene rings is 1. The van der Waals surface area contributed by atoms with Crippen LogP contribution >= 0.6 is 0 Å². The molecule has 0 spiro atoms. The minimum Gasteiger partial charge on any atom is -0.228 e. The molecule has 0 aromatic heterocycles. The maximum atomic E-state index is 5.39. The molecule has 0 amide bonds. The molecule has 1 aromatic carbocycles. The van der Waals surface area contributed by atoms with Gasteiger partial charge < -0.3 is 0 Å². The molecule has 0 unspecified atom stereocenters. The largest absolute Gasteiger partial charge is 0.228 e. The van der Waals surface area contributed by atoms with Crippen LogP contribution in [0.4, 0.5) is 0 Å². The summed E-state index contributed by atoms with van der Waals surface area (Å²) in [5, 5.41) is 0. The second-order valence-electron chi connectivity index (χ2n) is 4.09. The van der Waals surface area contributed by atoms with E-state index >= 15 is 0 Å². The van der Waals surface area contributed by atoms with Gasteiger partial charge in [0.1, 0.15) is 12.2 Å². The van der Waals surface area contributed by atoms with Crippen molar-refractivity contribution in [3.8, 4) is 0 Å². The first-order chi connectivity index (χ1) is 7.90. The van der Waals surface area contributed by atoms with Crippen LogP contribution in [0.25, 0.3) is 0 Å². The fourth-order valence-corrected chi connectivity index (χ4v) is 1.78. The molecule has 2 rings (SSSR count). The molecule has 2 heteroatoms. The summed E-state index contributed by atoms with van der Waals surface area (Å²) in [5.74, 6) is 0. The second kappa shape index (κ2) is 5.83. The molecule has 0 N–H and O–H groups in total. The first kappa shape index (κ1) is 11.4. The van der Waals surface area contributed by atoms with Crippen molar-refractivity contribution in [1.82, 2.24) is 0 Å². The van der Waals surface area contributed by atoms with E-state index in [1.807, 2.05) is 30.3 Å². The number of rotatable bonds is 4. The zero-order chi connectivity index (χ0) is 11.2.